The average Bonchev–Trinajstić information content (AvgIpc) is 2.65. The fraction of sp³-hybridized carbons (Fsp3) is 0.667. The van der Waals surface area contributed by atoms with Gasteiger partial charge in [-0.25, -0.2) is 18.4 Å². The van der Waals surface area contributed by atoms with E-state index in [1.54, 1.807) is 6.07 Å². The molecule has 1 aliphatic heterocycles. The summed E-state index contributed by atoms with van der Waals surface area (Å²) in [5, 5.41) is 2.75. The molecule has 7 heteroatoms. The third-order valence-corrected chi connectivity index (χ3v) is 5.53. The molecule has 0 aliphatic carbocycles. The number of rotatable bonds is 4. The Morgan fingerprint density at radius 1 is 1.47 bits per heavy atom. The van der Waals surface area contributed by atoms with E-state index in [1.165, 1.54) is 0 Å². The standard InChI is InChI=1S/C12H20N4O2S/c1-8(2)12-15-10(13)6-11(16-12)14-7-9-4-3-5-19(9,17)18/h6,8-9H,3-5,7H2,1-2H3,(H3,13,14,15,16). The summed E-state index contributed by atoms with van der Waals surface area (Å²) in [5.74, 6) is 2.13. The molecule has 0 amide bonds. The number of nitrogen functional groups attached to an aromatic ring is 1. The smallest absolute Gasteiger partial charge is 0.154 e. The number of sulfone groups is 1. The second kappa shape index (κ2) is 5.32. The van der Waals surface area contributed by atoms with Crippen LogP contribution in [0.25, 0.3) is 0 Å². The van der Waals surface area contributed by atoms with E-state index in [0.29, 0.717) is 36.2 Å². The zero-order chi connectivity index (χ0) is 14.0. The van der Waals surface area contributed by atoms with E-state index in [1.807, 2.05) is 13.8 Å². The highest BCUT2D eigenvalue weighted by molar-refractivity contribution is 7.92. The van der Waals surface area contributed by atoms with Crippen LogP contribution in [-0.4, -0.2) is 35.9 Å². The third-order valence-electron chi connectivity index (χ3n) is 3.25. The van der Waals surface area contributed by atoms with Crippen LogP contribution in [0.5, 0.6) is 0 Å². The average molecular weight is 284 g/mol. The van der Waals surface area contributed by atoms with Crippen molar-refractivity contribution in [2.24, 2.45) is 0 Å². The number of hydrogen-bond donors (Lipinski definition) is 2. The van der Waals surface area contributed by atoms with E-state index in [-0.39, 0.29) is 11.2 Å². The summed E-state index contributed by atoms with van der Waals surface area (Å²) in [6, 6.07) is 1.63. The molecule has 6 nitrogen and oxygen atoms in total. The van der Waals surface area contributed by atoms with Gasteiger partial charge >= 0.3 is 0 Å². The Morgan fingerprint density at radius 2 is 2.21 bits per heavy atom. The van der Waals surface area contributed by atoms with Gasteiger partial charge in [-0.3, -0.25) is 0 Å². The molecule has 1 fully saturated rings. The van der Waals surface area contributed by atoms with Crippen LogP contribution < -0.4 is 11.1 Å². The van der Waals surface area contributed by atoms with Crippen LogP contribution in [0.4, 0.5) is 11.6 Å². The lowest BCUT2D eigenvalue weighted by molar-refractivity contribution is 0.591. The van der Waals surface area contributed by atoms with E-state index in [9.17, 15) is 8.42 Å². The Bertz CT molecular complexity index is 557. The number of anilines is 2. The zero-order valence-electron chi connectivity index (χ0n) is 11.3. The van der Waals surface area contributed by atoms with Gasteiger partial charge in [0, 0.05) is 18.5 Å². The Balaban J connectivity index is 2.07. The molecule has 2 rings (SSSR count). The summed E-state index contributed by atoms with van der Waals surface area (Å²) < 4.78 is 23.5. The Morgan fingerprint density at radius 3 is 2.79 bits per heavy atom. The predicted molar refractivity (Wildman–Crippen MR) is 75.8 cm³/mol. The first-order valence-electron chi connectivity index (χ1n) is 6.48. The normalized spacial score (nSPS) is 21.7. The molecule has 106 valence electrons. The Labute approximate surface area is 113 Å². The molecule has 19 heavy (non-hydrogen) atoms. The second-order valence-electron chi connectivity index (χ2n) is 5.20. The van der Waals surface area contributed by atoms with Crippen molar-refractivity contribution in [1.82, 2.24) is 9.97 Å². The summed E-state index contributed by atoms with van der Waals surface area (Å²) in [6.07, 6.45) is 1.46. The van der Waals surface area contributed by atoms with Gasteiger partial charge in [0.1, 0.15) is 17.5 Å². The molecule has 1 unspecified atom stereocenters. The van der Waals surface area contributed by atoms with Crippen LogP contribution in [0.1, 0.15) is 38.4 Å². The predicted octanol–water partition coefficient (Wildman–Crippen LogP) is 1.17. The van der Waals surface area contributed by atoms with Gasteiger partial charge in [-0.15, -0.1) is 0 Å². The minimum atomic E-state index is -2.93. The first-order valence-corrected chi connectivity index (χ1v) is 8.20. The summed E-state index contributed by atoms with van der Waals surface area (Å²) in [6.45, 7) is 4.36. The minimum absolute atomic E-state index is 0.180. The van der Waals surface area contributed by atoms with Crippen molar-refractivity contribution in [1.29, 1.82) is 0 Å². The van der Waals surface area contributed by atoms with Gasteiger partial charge in [-0.2, -0.15) is 0 Å². The second-order valence-corrected chi connectivity index (χ2v) is 7.60. The summed E-state index contributed by atoms with van der Waals surface area (Å²) in [4.78, 5) is 8.49. The fourth-order valence-corrected chi connectivity index (χ4v) is 3.91. The van der Waals surface area contributed by atoms with Crippen molar-refractivity contribution < 1.29 is 8.42 Å². The van der Waals surface area contributed by atoms with Crippen molar-refractivity contribution >= 4 is 21.5 Å². The lowest BCUT2D eigenvalue weighted by atomic mass is 10.2. The maximum atomic E-state index is 11.7. The van der Waals surface area contributed by atoms with Crippen molar-refractivity contribution in [2.45, 2.75) is 37.9 Å². The Kier molecular flexibility index (Phi) is 3.93. The van der Waals surface area contributed by atoms with E-state index in [4.69, 9.17) is 5.73 Å². The summed E-state index contributed by atoms with van der Waals surface area (Å²) >= 11 is 0. The van der Waals surface area contributed by atoms with Crippen molar-refractivity contribution in [3.05, 3.63) is 11.9 Å². The zero-order valence-corrected chi connectivity index (χ0v) is 12.1. The van der Waals surface area contributed by atoms with Gasteiger partial charge in [0.25, 0.3) is 0 Å². The molecular formula is C12H20N4O2S. The number of nitrogens with zero attached hydrogens (tertiary/aromatic N) is 2. The molecule has 1 saturated heterocycles. The number of aromatic nitrogens is 2. The van der Waals surface area contributed by atoms with Crippen molar-refractivity contribution in [3.8, 4) is 0 Å². The van der Waals surface area contributed by atoms with Crippen molar-refractivity contribution in [3.63, 3.8) is 0 Å². The highest BCUT2D eigenvalue weighted by Crippen LogP contribution is 2.21. The minimum Gasteiger partial charge on any atom is -0.384 e. The highest BCUT2D eigenvalue weighted by atomic mass is 32.2. The summed E-state index contributed by atoms with van der Waals surface area (Å²) in [5.41, 5.74) is 5.72. The molecule has 1 aromatic heterocycles. The molecule has 1 atom stereocenters. The lowest BCUT2D eigenvalue weighted by Gasteiger charge is -2.13. The maximum Gasteiger partial charge on any atom is 0.154 e. The first-order chi connectivity index (χ1) is 8.88. The molecule has 2 heterocycles. The van der Waals surface area contributed by atoms with Crippen molar-refractivity contribution in [2.75, 3.05) is 23.3 Å². The quantitative estimate of drug-likeness (QED) is 0.861. The van der Waals surface area contributed by atoms with E-state index in [2.05, 4.69) is 15.3 Å². The van der Waals surface area contributed by atoms with Gasteiger partial charge in [-0.1, -0.05) is 13.8 Å². The van der Waals surface area contributed by atoms with Gasteiger partial charge in [0.05, 0.1) is 11.0 Å². The van der Waals surface area contributed by atoms with Gasteiger partial charge in [0.15, 0.2) is 9.84 Å². The lowest BCUT2D eigenvalue weighted by Crippen LogP contribution is -2.25. The van der Waals surface area contributed by atoms with Crippen LogP contribution in [-0.2, 0) is 9.84 Å². The van der Waals surface area contributed by atoms with Crippen LogP contribution >= 0.6 is 0 Å². The molecule has 0 saturated carbocycles. The molecular weight excluding hydrogens is 264 g/mol. The number of nitrogens with two attached hydrogens (primary N) is 1. The van der Waals surface area contributed by atoms with Crippen LogP contribution in [0.3, 0.4) is 0 Å². The molecule has 0 bridgehead atoms. The SMILES string of the molecule is CC(C)c1nc(N)cc(NCC2CCCS2(=O)=O)n1. The van der Waals surface area contributed by atoms with Crippen LogP contribution in [0.2, 0.25) is 0 Å². The van der Waals surface area contributed by atoms with E-state index in [0.717, 1.165) is 6.42 Å². The van der Waals surface area contributed by atoms with E-state index < -0.39 is 9.84 Å². The Hall–Kier alpha value is -1.37. The van der Waals surface area contributed by atoms with Gasteiger partial charge in [-0.05, 0) is 12.8 Å². The van der Waals surface area contributed by atoms with Gasteiger partial charge < -0.3 is 11.1 Å². The largest absolute Gasteiger partial charge is 0.384 e. The molecule has 1 aromatic rings. The highest BCUT2D eigenvalue weighted by Gasteiger charge is 2.30. The topological polar surface area (TPSA) is 98.0 Å². The maximum absolute atomic E-state index is 11.7. The molecule has 3 N–H and O–H groups in total. The van der Waals surface area contributed by atoms with E-state index >= 15 is 0 Å². The summed E-state index contributed by atoms with van der Waals surface area (Å²) in [7, 11) is -2.93. The molecule has 0 spiro atoms. The number of nitrogens with one attached hydrogen (secondary N) is 1. The fourth-order valence-electron chi connectivity index (χ4n) is 2.14. The molecule has 1 aliphatic rings. The monoisotopic (exact) mass is 284 g/mol. The number of hydrogen-bond acceptors (Lipinski definition) is 6. The third kappa shape index (κ3) is 3.34. The molecule has 0 aromatic carbocycles. The van der Waals surface area contributed by atoms with Crippen LogP contribution in [0.15, 0.2) is 6.07 Å². The first kappa shape index (κ1) is 14.0. The molecule has 0 radical (unpaired) electrons. The van der Waals surface area contributed by atoms with Crippen LogP contribution in [0, 0.1) is 0 Å². The van der Waals surface area contributed by atoms with Gasteiger partial charge in [0.2, 0.25) is 0 Å².